The molecule has 2 fully saturated rings. The molecule has 3 aliphatic rings. The predicted molar refractivity (Wildman–Crippen MR) is 157 cm³/mol. The number of piperazine rings is 1. The van der Waals surface area contributed by atoms with Gasteiger partial charge in [0.1, 0.15) is 22.6 Å². The van der Waals surface area contributed by atoms with Crippen LogP contribution in [0.4, 0.5) is 4.79 Å². The van der Waals surface area contributed by atoms with Crippen LogP contribution < -0.4 is 45.7 Å². The van der Waals surface area contributed by atoms with E-state index >= 15 is 0 Å². The van der Waals surface area contributed by atoms with Gasteiger partial charge in [-0.1, -0.05) is 53.4 Å². The Hall–Kier alpha value is -3.04. The van der Waals surface area contributed by atoms with E-state index in [2.05, 4.69) is 20.8 Å². The van der Waals surface area contributed by atoms with Gasteiger partial charge in [0.15, 0.2) is 4.34 Å². The quantitative estimate of drug-likeness (QED) is 0.0420. The van der Waals surface area contributed by atoms with Crippen molar-refractivity contribution in [2.45, 2.75) is 28.3 Å². The zero-order valence-electron chi connectivity index (χ0n) is 25.0. The molecular formula is C25H27N8NaO8S3. The van der Waals surface area contributed by atoms with E-state index in [4.69, 9.17) is 0 Å². The molecule has 2 saturated heterocycles. The number of hydrogen-bond donors (Lipinski definition) is 5. The number of imide groups is 1. The van der Waals surface area contributed by atoms with Gasteiger partial charge in [-0.05, 0) is 18.1 Å². The first-order valence-electron chi connectivity index (χ1n) is 13.1. The molecule has 2 aromatic rings. The smallest absolute Gasteiger partial charge is 1.00 e. The molecule has 0 radical (unpaired) electrons. The molecule has 1 aromatic heterocycles. The number of carbonyl (C=O) groups is 6. The van der Waals surface area contributed by atoms with E-state index in [0.29, 0.717) is 14.8 Å². The topological polar surface area (TPSA) is 214 Å². The van der Waals surface area contributed by atoms with E-state index in [1.807, 2.05) is 5.48 Å². The first kappa shape index (κ1) is 34.8. The summed E-state index contributed by atoms with van der Waals surface area (Å²) in [5.41, 5.74) is 1.73. The zero-order chi connectivity index (χ0) is 31.6. The molecule has 45 heavy (non-hydrogen) atoms. The number of aromatic nitrogens is 2. The number of aliphatic carboxylic acids is 1. The van der Waals surface area contributed by atoms with Crippen LogP contribution >= 0.6 is 34.9 Å². The van der Waals surface area contributed by atoms with E-state index < -0.39 is 52.7 Å². The standard InChI is InChI=1S/C25H26N8O8S3.Na.H/c1-2-31-8-9-32(19(36)18(31)35)23(40)27-15(13-6-4-3-5-7-13)17(34)28-25(30-41)21(39)33-16(20(37)38)14(10-42-22(25)33)11-43-24-29-26-12-44-24;;/h3-7,12,15,22,30,41H,2,8-11H2,1H3,(H,27,40)(H,28,34)(H,37,38);;/q;+1;-1/t15?,22-,25+;;/m1../s1. The molecule has 3 aliphatic heterocycles. The summed E-state index contributed by atoms with van der Waals surface area (Å²) >= 11 is 3.67. The summed E-state index contributed by atoms with van der Waals surface area (Å²) in [6, 6.07) is 5.48. The number of urea groups is 1. The second kappa shape index (κ2) is 14.6. The number of hydroxylamine groups is 1. The van der Waals surface area contributed by atoms with Gasteiger partial charge < -0.3 is 27.3 Å². The molecule has 3 atom stereocenters. The Balaban J connectivity index is 0.00000288. The summed E-state index contributed by atoms with van der Waals surface area (Å²) in [7, 11) is 0. The third-order valence-corrected chi connectivity index (χ3v) is 10.5. The normalized spacial score (nSPS) is 21.9. The molecule has 1 aromatic carbocycles. The van der Waals surface area contributed by atoms with E-state index in [1.54, 1.807) is 25.1 Å². The van der Waals surface area contributed by atoms with Crippen LogP contribution in [0.3, 0.4) is 0 Å². The van der Waals surface area contributed by atoms with Gasteiger partial charge in [0.05, 0.1) is 0 Å². The van der Waals surface area contributed by atoms with Gasteiger partial charge in [0.2, 0.25) is 11.6 Å². The molecule has 0 aliphatic carbocycles. The number of nitrogens with zero attached hydrogens (tertiary/aromatic N) is 5. The van der Waals surface area contributed by atoms with E-state index in [9.17, 15) is 39.1 Å². The van der Waals surface area contributed by atoms with Crippen LogP contribution in [-0.4, -0.2) is 113 Å². The molecule has 4 heterocycles. The second-order valence-corrected chi connectivity index (χ2v) is 12.8. The fourth-order valence-corrected chi connectivity index (χ4v) is 7.97. The van der Waals surface area contributed by atoms with Crippen molar-refractivity contribution in [3.8, 4) is 0 Å². The van der Waals surface area contributed by atoms with Crippen molar-refractivity contribution in [3.63, 3.8) is 0 Å². The van der Waals surface area contributed by atoms with Crippen molar-refractivity contribution in [1.29, 1.82) is 0 Å². The number of β-lactam (4-membered cyclic amide) rings is 1. The molecule has 16 nitrogen and oxygen atoms in total. The maximum Gasteiger partial charge on any atom is 1.00 e. The molecule has 6 amide bonds. The van der Waals surface area contributed by atoms with E-state index in [1.165, 1.54) is 45.6 Å². The van der Waals surface area contributed by atoms with Crippen molar-refractivity contribution in [2.24, 2.45) is 0 Å². The van der Waals surface area contributed by atoms with Crippen molar-refractivity contribution >= 4 is 70.5 Å². The minimum atomic E-state index is -2.13. The average Bonchev–Trinajstić information content (AvgIpc) is 3.56. The van der Waals surface area contributed by atoms with Crippen LogP contribution in [-0.2, 0) is 24.0 Å². The third kappa shape index (κ3) is 6.61. The first-order valence-corrected chi connectivity index (χ1v) is 16.0. The number of rotatable bonds is 10. The van der Waals surface area contributed by atoms with E-state index in [0.717, 1.165) is 16.7 Å². The van der Waals surface area contributed by atoms with Crippen LogP contribution in [0.15, 0.2) is 51.5 Å². The number of fused-ring (bicyclic) bond motifs is 1. The molecule has 5 N–H and O–H groups in total. The Morgan fingerprint density at radius 3 is 2.53 bits per heavy atom. The number of amides is 6. The minimum Gasteiger partial charge on any atom is -1.00 e. The number of likely N-dealkylation sites (N-methyl/N-ethyl adjacent to an activating group) is 1. The summed E-state index contributed by atoms with van der Waals surface area (Å²) < 4.78 is 0.621. The van der Waals surface area contributed by atoms with Gasteiger partial charge in [-0.2, -0.15) is 5.48 Å². The molecule has 234 valence electrons. The van der Waals surface area contributed by atoms with Crippen molar-refractivity contribution in [1.82, 2.24) is 41.0 Å². The number of thioether (sulfide) groups is 2. The Kier molecular flexibility index (Phi) is 11.3. The Labute approximate surface area is 292 Å². The Bertz CT molecular complexity index is 1540. The summed E-state index contributed by atoms with van der Waals surface area (Å²) in [5, 5.41) is 31.7. The molecular weight excluding hydrogens is 660 g/mol. The predicted octanol–water partition coefficient (Wildman–Crippen LogP) is -3.07. The van der Waals surface area contributed by atoms with Crippen molar-refractivity contribution in [2.75, 3.05) is 31.1 Å². The number of carbonyl (C=O) groups excluding carboxylic acids is 5. The summed E-state index contributed by atoms with van der Waals surface area (Å²) in [6.45, 7) is 2.02. The van der Waals surface area contributed by atoms with Crippen LogP contribution in [0.1, 0.15) is 20.0 Å². The molecule has 0 bridgehead atoms. The van der Waals surface area contributed by atoms with E-state index in [-0.39, 0.29) is 73.4 Å². The third-order valence-electron chi connectivity index (χ3n) is 7.16. The second-order valence-electron chi connectivity index (χ2n) is 9.63. The van der Waals surface area contributed by atoms with Crippen molar-refractivity contribution < 1.29 is 70.1 Å². The van der Waals surface area contributed by atoms with Gasteiger partial charge >= 0.3 is 53.4 Å². The molecule has 20 heteroatoms. The average molecular weight is 687 g/mol. The number of carboxylic acid groups (broad SMARTS) is 1. The fraction of sp³-hybridized carbons (Fsp3) is 0.360. The molecule has 0 spiro atoms. The minimum absolute atomic E-state index is 0. The monoisotopic (exact) mass is 686 g/mol. The number of benzene rings is 1. The van der Waals surface area contributed by atoms with Gasteiger partial charge in [-0.25, -0.2) is 9.59 Å². The maximum atomic E-state index is 13.7. The van der Waals surface area contributed by atoms with Crippen LogP contribution in [0.25, 0.3) is 0 Å². The van der Waals surface area contributed by atoms with Gasteiger partial charge in [0, 0.05) is 31.1 Å². The van der Waals surface area contributed by atoms with Gasteiger partial charge in [-0.15, -0.1) is 22.0 Å². The van der Waals surface area contributed by atoms with Crippen LogP contribution in [0.2, 0.25) is 0 Å². The number of nitrogens with one attached hydrogen (secondary N) is 3. The van der Waals surface area contributed by atoms with Crippen LogP contribution in [0, 0.1) is 0 Å². The number of carboxylic acids is 1. The zero-order valence-corrected chi connectivity index (χ0v) is 28.4. The number of hydrogen-bond acceptors (Lipinski definition) is 13. The van der Waals surface area contributed by atoms with Crippen molar-refractivity contribution in [3.05, 3.63) is 52.7 Å². The molecule has 0 saturated carbocycles. The SMILES string of the molecule is CCN1CCN(C(=O)NC(C(=O)N[C@]2(NO)C(=O)N3C(C(=O)O)=C(CSc4nncs4)CS[C@@H]32)c2ccccc2)C(=O)C1=O.[H-].[Na+]. The Morgan fingerprint density at radius 2 is 1.91 bits per heavy atom. The largest absolute Gasteiger partial charge is 1.00 e. The summed E-state index contributed by atoms with van der Waals surface area (Å²) in [5.74, 6) is -4.74. The van der Waals surface area contributed by atoms with Gasteiger partial charge in [-0.3, -0.25) is 29.0 Å². The van der Waals surface area contributed by atoms with Crippen LogP contribution in [0.5, 0.6) is 0 Å². The summed E-state index contributed by atoms with van der Waals surface area (Å²) in [6.07, 6.45) is 0. The Morgan fingerprint density at radius 1 is 1.18 bits per heavy atom. The molecule has 1 unspecified atom stereocenters. The molecule has 5 rings (SSSR count). The maximum absolute atomic E-state index is 13.7. The van der Waals surface area contributed by atoms with Gasteiger partial charge in [0.25, 0.3) is 5.91 Å². The summed E-state index contributed by atoms with van der Waals surface area (Å²) in [4.78, 5) is 80.6. The fourth-order valence-electron chi connectivity index (χ4n) is 4.94. The first-order chi connectivity index (χ1) is 21.1.